The summed E-state index contributed by atoms with van der Waals surface area (Å²) in [7, 11) is 0. The van der Waals surface area contributed by atoms with Crippen molar-refractivity contribution in [3.63, 3.8) is 0 Å². The molecule has 1 unspecified atom stereocenters. The van der Waals surface area contributed by atoms with Crippen LogP contribution in [-0.4, -0.2) is 40.5 Å². The Balaban J connectivity index is 1.89. The summed E-state index contributed by atoms with van der Waals surface area (Å²) in [5.74, 6) is -0.423. The Morgan fingerprint density at radius 1 is 1.16 bits per heavy atom. The lowest BCUT2D eigenvalue weighted by atomic mass is 9.75. The van der Waals surface area contributed by atoms with Gasteiger partial charge in [-0.2, -0.15) is 0 Å². The summed E-state index contributed by atoms with van der Waals surface area (Å²) < 4.78 is 0. The molecule has 0 spiro atoms. The molecule has 1 atom stereocenters. The number of amides is 2. The van der Waals surface area contributed by atoms with Gasteiger partial charge in [-0.15, -0.1) is 0 Å². The lowest BCUT2D eigenvalue weighted by Crippen LogP contribution is -2.56. The van der Waals surface area contributed by atoms with Gasteiger partial charge in [0.1, 0.15) is 0 Å². The molecule has 3 rings (SSSR count). The minimum Gasteiger partial charge on any atom is -0.388 e. The van der Waals surface area contributed by atoms with Crippen molar-refractivity contribution in [1.29, 1.82) is 0 Å². The van der Waals surface area contributed by atoms with Crippen LogP contribution in [0.4, 0.5) is 0 Å². The van der Waals surface area contributed by atoms with Gasteiger partial charge in [0.2, 0.25) is 11.8 Å². The summed E-state index contributed by atoms with van der Waals surface area (Å²) in [6, 6.07) is 8.12. The van der Waals surface area contributed by atoms with E-state index in [1.54, 1.807) is 4.90 Å². The van der Waals surface area contributed by atoms with Crippen molar-refractivity contribution in [3.8, 4) is 0 Å². The SMILES string of the molecule is Cc1ccccc1C1(C(=O)N2CCCC(O)(CC(N)=O)C2)CCCC1. The van der Waals surface area contributed by atoms with Gasteiger partial charge in [-0.05, 0) is 43.7 Å². The summed E-state index contributed by atoms with van der Waals surface area (Å²) in [6.45, 7) is 2.89. The first-order chi connectivity index (χ1) is 11.9. The third kappa shape index (κ3) is 3.43. The van der Waals surface area contributed by atoms with Crippen LogP contribution < -0.4 is 5.73 Å². The molecule has 2 amide bonds. The predicted octanol–water partition coefficient (Wildman–Crippen LogP) is 2.04. The number of likely N-dealkylation sites (tertiary alicyclic amines) is 1. The van der Waals surface area contributed by atoms with Gasteiger partial charge in [0.05, 0.1) is 17.4 Å². The molecule has 1 saturated heterocycles. The molecule has 2 aliphatic rings. The van der Waals surface area contributed by atoms with E-state index in [1.165, 1.54) is 0 Å². The molecule has 0 bridgehead atoms. The van der Waals surface area contributed by atoms with Crippen molar-refractivity contribution in [1.82, 2.24) is 4.90 Å². The number of piperidine rings is 1. The Hall–Kier alpha value is -1.88. The lowest BCUT2D eigenvalue weighted by Gasteiger charge is -2.43. The van der Waals surface area contributed by atoms with E-state index < -0.39 is 16.9 Å². The summed E-state index contributed by atoms with van der Waals surface area (Å²) >= 11 is 0. The maximum atomic E-state index is 13.5. The Kier molecular flexibility index (Phi) is 4.87. The number of aliphatic hydroxyl groups is 1. The van der Waals surface area contributed by atoms with Crippen LogP contribution in [-0.2, 0) is 15.0 Å². The van der Waals surface area contributed by atoms with Gasteiger partial charge in [0.15, 0.2) is 0 Å². The minimum absolute atomic E-state index is 0.0891. The first-order valence-electron chi connectivity index (χ1n) is 9.23. The van der Waals surface area contributed by atoms with Gasteiger partial charge in [-0.3, -0.25) is 9.59 Å². The van der Waals surface area contributed by atoms with Crippen LogP contribution in [0, 0.1) is 6.92 Å². The number of carbonyl (C=O) groups is 2. The maximum absolute atomic E-state index is 13.5. The van der Waals surface area contributed by atoms with Crippen molar-refractivity contribution < 1.29 is 14.7 Å². The van der Waals surface area contributed by atoms with E-state index in [2.05, 4.69) is 19.1 Å². The molecule has 5 heteroatoms. The van der Waals surface area contributed by atoms with Gasteiger partial charge < -0.3 is 15.7 Å². The number of rotatable bonds is 4. The Morgan fingerprint density at radius 3 is 2.48 bits per heavy atom. The van der Waals surface area contributed by atoms with Crippen LogP contribution in [0.5, 0.6) is 0 Å². The zero-order valence-corrected chi connectivity index (χ0v) is 15.0. The largest absolute Gasteiger partial charge is 0.388 e. The molecule has 25 heavy (non-hydrogen) atoms. The number of hydrogen-bond donors (Lipinski definition) is 2. The topological polar surface area (TPSA) is 83.6 Å². The number of nitrogens with two attached hydrogens (primary N) is 1. The van der Waals surface area contributed by atoms with E-state index in [-0.39, 0.29) is 18.9 Å². The van der Waals surface area contributed by atoms with Crippen molar-refractivity contribution in [2.24, 2.45) is 5.73 Å². The van der Waals surface area contributed by atoms with E-state index in [9.17, 15) is 14.7 Å². The summed E-state index contributed by atoms with van der Waals surface area (Å²) in [4.78, 5) is 26.6. The van der Waals surface area contributed by atoms with E-state index in [1.807, 2.05) is 12.1 Å². The summed E-state index contributed by atoms with van der Waals surface area (Å²) in [5, 5.41) is 10.7. The molecule has 1 heterocycles. The van der Waals surface area contributed by atoms with E-state index in [0.717, 1.165) is 36.8 Å². The summed E-state index contributed by atoms with van der Waals surface area (Å²) in [6.07, 6.45) is 4.90. The second-order valence-electron chi connectivity index (χ2n) is 7.80. The predicted molar refractivity (Wildman–Crippen MR) is 95.9 cm³/mol. The standard InChI is InChI=1S/C20H28N2O3/c1-15-7-2-3-8-16(15)20(10-4-5-11-20)18(24)22-12-6-9-19(25,14-22)13-17(21)23/h2-3,7-8,25H,4-6,9-14H2,1H3,(H2,21,23). The number of hydrogen-bond acceptors (Lipinski definition) is 3. The molecule has 3 N–H and O–H groups in total. The lowest BCUT2D eigenvalue weighted by molar-refractivity contribution is -0.147. The van der Waals surface area contributed by atoms with Crippen LogP contribution in [0.3, 0.4) is 0 Å². The van der Waals surface area contributed by atoms with Crippen molar-refractivity contribution in [2.45, 2.75) is 62.9 Å². The fourth-order valence-electron chi connectivity index (χ4n) is 4.74. The quantitative estimate of drug-likeness (QED) is 0.877. The normalized spacial score (nSPS) is 25.8. The van der Waals surface area contributed by atoms with Crippen molar-refractivity contribution in [3.05, 3.63) is 35.4 Å². The van der Waals surface area contributed by atoms with E-state index in [4.69, 9.17) is 5.73 Å². The molecule has 1 aromatic carbocycles. The van der Waals surface area contributed by atoms with Crippen LogP contribution in [0.1, 0.15) is 56.1 Å². The molecule has 5 nitrogen and oxygen atoms in total. The number of primary amides is 1. The van der Waals surface area contributed by atoms with Crippen LogP contribution >= 0.6 is 0 Å². The second kappa shape index (κ2) is 6.79. The molecule has 136 valence electrons. The monoisotopic (exact) mass is 344 g/mol. The van der Waals surface area contributed by atoms with Crippen molar-refractivity contribution >= 4 is 11.8 Å². The Morgan fingerprint density at radius 2 is 1.84 bits per heavy atom. The zero-order valence-electron chi connectivity index (χ0n) is 15.0. The highest BCUT2D eigenvalue weighted by molar-refractivity contribution is 5.89. The maximum Gasteiger partial charge on any atom is 0.233 e. The first kappa shape index (κ1) is 17.9. The molecule has 0 radical (unpaired) electrons. The number of nitrogens with zero attached hydrogens (tertiary/aromatic N) is 1. The van der Waals surface area contributed by atoms with E-state index >= 15 is 0 Å². The Labute approximate surface area is 149 Å². The van der Waals surface area contributed by atoms with Gasteiger partial charge >= 0.3 is 0 Å². The average Bonchev–Trinajstić information content (AvgIpc) is 3.04. The molecule has 1 aromatic rings. The van der Waals surface area contributed by atoms with Crippen LogP contribution in [0.25, 0.3) is 0 Å². The van der Waals surface area contributed by atoms with Gasteiger partial charge in [0, 0.05) is 13.1 Å². The fraction of sp³-hybridized carbons (Fsp3) is 0.600. The number of carbonyl (C=O) groups excluding carboxylic acids is 2. The molecule has 1 saturated carbocycles. The number of β-amino-alcohol motifs (C(OH)–C–C–N with tert-alkyl or cyclic N) is 1. The minimum atomic E-state index is -1.19. The number of benzene rings is 1. The van der Waals surface area contributed by atoms with Crippen LogP contribution in [0.2, 0.25) is 0 Å². The molecule has 0 aromatic heterocycles. The zero-order chi connectivity index (χ0) is 18.1. The molecular formula is C20H28N2O3. The fourth-order valence-corrected chi connectivity index (χ4v) is 4.74. The smallest absolute Gasteiger partial charge is 0.233 e. The Bertz CT molecular complexity index is 667. The molecule has 1 aliphatic carbocycles. The third-order valence-electron chi connectivity index (χ3n) is 5.87. The van der Waals surface area contributed by atoms with Crippen LogP contribution in [0.15, 0.2) is 24.3 Å². The second-order valence-corrected chi connectivity index (χ2v) is 7.80. The number of aryl methyl sites for hydroxylation is 1. The molecule has 2 fully saturated rings. The van der Waals surface area contributed by atoms with E-state index in [0.29, 0.717) is 19.4 Å². The van der Waals surface area contributed by atoms with Gasteiger partial charge in [0.25, 0.3) is 0 Å². The van der Waals surface area contributed by atoms with Gasteiger partial charge in [-0.1, -0.05) is 37.1 Å². The first-order valence-corrected chi connectivity index (χ1v) is 9.23. The highest BCUT2D eigenvalue weighted by Crippen LogP contribution is 2.44. The van der Waals surface area contributed by atoms with Gasteiger partial charge in [-0.25, -0.2) is 0 Å². The highest BCUT2D eigenvalue weighted by atomic mass is 16.3. The van der Waals surface area contributed by atoms with Crippen molar-refractivity contribution in [2.75, 3.05) is 13.1 Å². The summed E-state index contributed by atoms with van der Waals surface area (Å²) in [5.41, 5.74) is 5.86. The third-order valence-corrected chi connectivity index (χ3v) is 5.87. The molecule has 1 aliphatic heterocycles. The average molecular weight is 344 g/mol. The molecular weight excluding hydrogens is 316 g/mol. The highest BCUT2D eigenvalue weighted by Gasteiger charge is 2.48.